The molecule has 1 aromatic carbocycles. The Morgan fingerprint density at radius 1 is 1.15 bits per heavy atom. The number of anilines is 1. The molecule has 1 aliphatic heterocycles. The van der Waals surface area contributed by atoms with Crippen LogP contribution in [0.1, 0.15) is 5.56 Å². The fourth-order valence-electron chi connectivity index (χ4n) is 2.00. The molecule has 5 heteroatoms. The molecule has 0 aliphatic carbocycles. The zero-order valence-corrected chi connectivity index (χ0v) is 12.3. The third-order valence-corrected chi connectivity index (χ3v) is 4.23. The fourth-order valence-corrected chi connectivity index (χ4v) is 3.11. The molecule has 1 aromatic heterocycles. The van der Waals surface area contributed by atoms with Crippen molar-refractivity contribution in [2.75, 3.05) is 11.9 Å². The highest BCUT2D eigenvalue weighted by atomic mass is 32.2. The van der Waals surface area contributed by atoms with Crippen molar-refractivity contribution in [2.45, 2.75) is 4.90 Å². The molecule has 0 spiro atoms. The molecule has 0 saturated heterocycles. The van der Waals surface area contributed by atoms with Crippen molar-refractivity contribution < 1.29 is 9.59 Å². The number of para-hydroxylation sites is 1. The van der Waals surface area contributed by atoms with E-state index >= 15 is 0 Å². The predicted molar refractivity (Wildman–Crippen MR) is 82.1 cm³/mol. The molecule has 2 heterocycles. The minimum atomic E-state index is 1.23. The minimum Gasteiger partial charge on any atom is -0.892 e. The molecule has 0 N–H and O–H groups in total. The predicted octanol–water partition coefficient (Wildman–Crippen LogP) is 1.48. The maximum absolute atomic E-state index is 7.75. The Morgan fingerprint density at radius 3 is 2.45 bits per heavy atom. The summed E-state index contributed by atoms with van der Waals surface area (Å²) in [6.07, 6.45) is 6.36. The normalized spacial score (nSPS) is 14.8. The Bertz CT molecular complexity index is 614. The molecule has 0 saturated carbocycles. The highest BCUT2D eigenvalue weighted by Crippen LogP contribution is 2.45. The average molecular weight is 282 g/mol. The first kappa shape index (κ1) is 14.7. The number of hydrogen-bond acceptors (Lipinski definition) is 3. The van der Waals surface area contributed by atoms with Crippen molar-refractivity contribution in [2.24, 2.45) is 7.05 Å². The van der Waals surface area contributed by atoms with Crippen molar-refractivity contribution in [3.63, 3.8) is 0 Å². The summed E-state index contributed by atoms with van der Waals surface area (Å²) in [7, 11) is 7.40. The molecule has 0 atom stereocenters. The molecule has 100 valence electrons. The van der Waals surface area contributed by atoms with Gasteiger partial charge in [0.2, 0.25) is 0 Å². The van der Waals surface area contributed by atoms with Gasteiger partial charge in [0, 0.05) is 24.1 Å². The monoisotopic (exact) mass is 282 g/mol. The third kappa shape index (κ3) is 3.06. The van der Waals surface area contributed by atoms with Gasteiger partial charge in [-0.15, -0.1) is 8.05 Å². The topological polar surface area (TPSA) is 30.2 Å². The molecule has 0 unspecified atom stereocenters. The van der Waals surface area contributed by atoms with E-state index in [4.69, 9.17) is 5.02 Å². The van der Waals surface area contributed by atoms with Gasteiger partial charge < -0.3 is 9.92 Å². The maximum Gasteiger partial charge on any atom is 0.169 e. The number of hydrogen-bond donors (Lipinski definition) is 0. The Morgan fingerprint density at radius 2 is 1.80 bits per heavy atom. The first-order valence-electron chi connectivity index (χ1n) is 6.15. The van der Waals surface area contributed by atoms with Gasteiger partial charge in [-0.2, -0.15) is 0 Å². The van der Waals surface area contributed by atoms with Gasteiger partial charge in [0.1, 0.15) is 7.05 Å². The van der Waals surface area contributed by atoms with E-state index in [0.29, 0.717) is 0 Å². The zero-order chi connectivity index (χ0) is 14.5. The molecule has 0 bridgehead atoms. The van der Waals surface area contributed by atoms with E-state index in [9.17, 15) is 0 Å². The number of nitrogens with zero attached hydrogens (tertiary/aromatic N) is 2. The summed E-state index contributed by atoms with van der Waals surface area (Å²) in [6.45, 7) is 0. The lowest BCUT2D eigenvalue weighted by Crippen LogP contribution is -2.25. The molecular formula is C15H15BN2OS. The lowest BCUT2D eigenvalue weighted by molar-refractivity contribution is -0.671. The Labute approximate surface area is 125 Å². The first-order chi connectivity index (χ1) is 9.74. The van der Waals surface area contributed by atoms with Crippen LogP contribution in [0.5, 0.6) is 0 Å². The highest BCUT2D eigenvalue weighted by molar-refractivity contribution is 8.03. The lowest BCUT2D eigenvalue weighted by atomic mass is 10.2. The summed E-state index contributed by atoms with van der Waals surface area (Å²) in [6, 6.07) is 12.8. The van der Waals surface area contributed by atoms with Crippen LogP contribution in [0, 0.1) is 0 Å². The van der Waals surface area contributed by atoms with Gasteiger partial charge in [0.05, 0.1) is 10.7 Å². The summed E-state index contributed by atoms with van der Waals surface area (Å²) in [5, 5.41) is 9.02. The van der Waals surface area contributed by atoms with Crippen LogP contribution in [0.4, 0.5) is 5.69 Å². The van der Waals surface area contributed by atoms with E-state index < -0.39 is 0 Å². The van der Waals surface area contributed by atoms with E-state index in [-0.39, 0.29) is 0 Å². The maximum atomic E-state index is 7.75. The number of fused-ring (bicyclic) bond motifs is 1. The first-order valence-corrected chi connectivity index (χ1v) is 6.97. The number of thioether (sulfide) groups is 1. The van der Waals surface area contributed by atoms with Gasteiger partial charge in [-0.1, -0.05) is 23.9 Å². The standard InChI is InChI=1S/C15H15N2S.BO/c1-16-9-7-12(8-10-16)11-15-17(2)13-5-3-4-6-14(13)18-15;1-2/h3-11H,1-2H3;/q+1;-1. The number of aromatic nitrogens is 1. The molecule has 2 radical (unpaired) electrons. The summed E-state index contributed by atoms with van der Waals surface area (Å²) in [5.74, 6) is 0. The Kier molecular flexibility index (Phi) is 4.87. The second kappa shape index (κ2) is 6.63. The van der Waals surface area contributed by atoms with Gasteiger partial charge in [0.25, 0.3) is 0 Å². The van der Waals surface area contributed by atoms with Crippen LogP contribution in [0.2, 0.25) is 0 Å². The van der Waals surface area contributed by atoms with Crippen molar-refractivity contribution in [3.05, 3.63) is 59.4 Å². The number of pyridine rings is 1. The SMILES string of the molecule is CN1C(=Cc2cc[n+](C)cc2)Sc2ccccc21.[B][O-]. The van der Waals surface area contributed by atoms with Gasteiger partial charge in [0.15, 0.2) is 12.4 Å². The van der Waals surface area contributed by atoms with Gasteiger partial charge in [-0.3, -0.25) is 0 Å². The van der Waals surface area contributed by atoms with Crippen LogP contribution in [0.25, 0.3) is 6.08 Å². The molecular weight excluding hydrogens is 267 g/mol. The van der Waals surface area contributed by atoms with Crippen molar-refractivity contribution in [3.8, 4) is 0 Å². The smallest absolute Gasteiger partial charge is 0.169 e. The Balaban J connectivity index is 0.000000704. The zero-order valence-electron chi connectivity index (χ0n) is 11.5. The molecule has 0 fully saturated rings. The van der Waals surface area contributed by atoms with E-state index in [2.05, 4.69) is 74.9 Å². The summed E-state index contributed by atoms with van der Waals surface area (Å²) in [4.78, 5) is 3.57. The Hall–Kier alpha value is -1.72. The second-order valence-electron chi connectivity index (χ2n) is 4.41. The van der Waals surface area contributed by atoms with E-state index in [1.54, 1.807) is 0 Å². The van der Waals surface area contributed by atoms with E-state index in [0.717, 1.165) is 0 Å². The van der Waals surface area contributed by atoms with Gasteiger partial charge >= 0.3 is 0 Å². The van der Waals surface area contributed by atoms with Crippen LogP contribution >= 0.6 is 11.8 Å². The van der Waals surface area contributed by atoms with E-state index in [1.807, 2.05) is 23.4 Å². The summed E-state index contributed by atoms with van der Waals surface area (Å²) >= 11 is 1.82. The second-order valence-corrected chi connectivity index (χ2v) is 5.47. The molecule has 3 rings (SSSR count). The van der Waals surface area contributed by atoms with Crippen molar-refractivity contribution in [1.82, 2.24) is 0 Å². The number of benzene rings is 1. The highest BCUT2D eigenvalue weighted by Gasteiger charge is 2.20. The molecule has 0 amide bonds. The molecule has 1 aliphatic rings. The summed E-state index contributed by atoms with van der Waals surface area (Å²) < 4.78 is 2.04. The quantitative estimate of drug-likeness (QED) is 0.586. The fraction of sp³-hybridized carbons (Fsp3) is 0.133. The lowest BCUT2D eigenvalue weighted by Gasteiger charge is -2.13. The summed E-state index contributed by atoms with van der Waals surface area (Å²) in [5.41, 5.74) is 2.52. The average Bonchev–Trinajstić information content (AvgIpc) is 2.81. The molecule has 3 nitrogen and oxygen atoms in total. The van der Waals surface area contributed by atoms with Crippen LogP contribution in [-0.2, 0) is 7.05 Å². The van der Waals surface area contributed by atoms with Crippen molar-refractivity contribution in [1.29, 1.82) is 0 Å². The van der Waals surface area contributed by atoms with Crippen molar-refractivity contribution >= 4 is 31.6 Å². The number of aryl methyl sites for hydroxylation is 1. The number of rotatable bonds is 1. The third-order valence-electron chi connectivity index (χ3n) is 3.07. The minimum absolute atomic E-state index is 1.23. The largest absolute Gasteiger partial charge is 0.892 e. The van der Waals surface area contributed by atoms with Gasteiger partial charge in [-0.25, -0.2) is 4.57 Å². The van der Waals surface area contributed by atoms with Crippen LogP contribution in [-0.4, -0.2) is 15.1 Å². The van der Waals surface area contributed by atoms with Gasteiger partial charge in [-0.05, 0) is 23.8 Å². The van der Waals surface area contributed by atoms with Crippen LogP contribution < -0.4 is 14.5 Å². The van der Waals surface area contributed by atoms with Crippen LogP contribution in [0.3, 0.4) is 0 Å². The molecule has 20 heavy (non-hydrogen) atoms. The molecule has 2 aromatic rings. The van der Waals surface area contributed by atoms with Crippen LogP contribution in [0.15, 0.2) is 58.7 Å². The van der Waals surface area contributed by atoms with E-state index in [1.165, 1.54) is 21.2 Å².